The molecule has 12 heteroatoms. The number of non-ortho nitro benzene ring substituents is 1. The Hall–Kier alpha value is -1.88. The topological polar surface area (TPSA) is 43.1 Å². The molecule has 0 aromatic heterocycles. The van der Waals surface area contributed by atoms with Crippen molar-refractivity contribution in [3.8, 4) is 11.1 Å². The van der Waals surface area contributed by atoms with Gasteiger partial charge in [-0.15, -0.1) is 0 Å². The summed E-state index contributed by atoms with van der Waals surface area (Å²) in [5, 5.41) is 10.3. The second-order valence-electron chi connectivity index (χ2n) is 5.74. The third-order valence-electron chi connectivity index (χ3n) is 3.82. The molecule has 0 saturated carbocycles. The van der Waals surface area contributed by atoms with E-state index in [1.165, 1.54) is 13.0 Å². The van der Waals surface area contributed by atoms with E-state index < -0.39 is 50.3 Å². The summed E-state index contributed by atoms with van der Waals surface area (Å²) >= 11 is 8.71. The Bertz CT molecular complexity index is 930. The van der Waals surface area contributed by atoms with Gasteiger partial charge < -0.3 is 0 Å². The highest BCUT2D eigenvalue weighted by Gasteiger charge is 2.74. The Labute approximate surface area is 166 Å². The first-order valence-electron chi connectivity index (χ1n) is 7.18. The van der Waals surface area contributed by atoms with Crippen molar-refractivity contribution in [2.75, 3.05) is 0 Å². The molecule has 0 aliphatic carbocycles. The number of halogens is 9. The molecule has 0 bridgehead atoms. The minimum absolute atomic E-state index is 0.0841. The van der Waals surface area contributed by atoms with Crippen molar-refractivity contribution in [3.05, 3.63) is 61.1 Å². The summed E-state index contributed by atoms with van der Waals surface area (Å²) in [5.41, 5.74) is -9.31. The quantitative estimate of drug-likeness (QED) is 0.256. The maximum atomic E-state index is 14.8. The van der Waals surface area contributed by atoms with Gasteiger partial charge in [-0.1, -0.05) is 33.6 Å². The second-order valence-corrected chi connectivity index (χ2v) is 7.01. The van der Waals surface area contributed by atoms with Gasteiger partial charge in [-0.2, -0.15) is 26.3 Å². The third kappa shape index (κ3) is 3.69. The molecule has 28 heavy (non-hydrogen) atoms. The van der Waals surface area contributed by atoms with Crippen LogP contribution in [0.2, 0.25) is 5.02 Å². The molecule has 2 aromatic rings. The SMILES string of the molecule is Cc1cc(Br)c(-c2ccc([N+](=O)[O-])cc2Cl)c(C(F)(C(F)(F)F)C(F)(F)F)c1. The summed E-state index contributed by atoms with van der Waals surface area (Å²) in [5.74, 6) is 0. The van der Waals surface area contributed by atoms with Gasteiger partial charge in [-0.25, -0.2) is 4.39 Å². The first-order chi connectivity index (χ1) is 12.6. The van der Waals surface area contributed by atoms with Crippen molar-refractivity contribution < 1.29 is 35.7 Å². The smallest absolute Gasteiger partial charge is 0.258 e. The molecule has 0 atom stereocenters. The maximum Gasteiger partial charge on any atom is 0.435 e. The van der Waals surface area contributed by atoms with E-state index in [1.54, 1.807) is 0 Å². The molecule has 2 rings (SSSR count). The summed E-state index contributed by atoms with van der Waals surface area (Å²) in [4.78, 5) is 9.93. The molecule has 0 saturated heterocycles. The summed E-state index contributed by atoms with van der Waals surface area (Å²) in [6, 6.07) is 4.02. The minimum Gasteiger partial charge on any atom is -0.258 e. The lowest BCUT2D eigenvalue weighted by Gasteiger charge is -2.32. The Morgan fingerprint density at radius 1 is 1.00 bits per heavy atom. The van der Waals surface area contributed by atoms with Gasteiger partial charge in [0.2, 0.25) is 0 Å². The van der Waals surface area contributed by atoms with Crippen molar-refractivity contribution in [1.82, 2.24) is 0 Å². The van der Waals surface area contributed by atoms with Crippen LogP contribution >= 0.6 is 27.5 Å². The molecule has 0 aliphatic heterocycles. The number of aryl methyl sites for hydroxylation is 1. The molecule has 0 aliphatic rings. The van der Waals surface area contributed by atoms with E-state index in [1.807, 2.05) is 0 Å². The molecule has 2 aromatic carbocycles. The zero-order valence-electron chi connectivity index (χ0n) is 13.6. The zero-order valence-corrected chi connectivity index (χ0v) is 15.9. The molecule has 0 radical (unpaired) electrons. The fourth-order valence-corrected chi connectivity index (χ4v) is 3.63. The van der Waals surface area contributed by atoms with Gasteiger partial charge in [0, 0.05) is 33.3 Å². The highest BCUT2D eigenvalue weighted by atomic mass is 79.9. The van der Waals surface area contributed by atoms with Crippen LogP contribution in [0.3, 0.4) is 0 Å². The Balaban J connectivity index is 2.95. The van der Waals surface area contributed by atoms with Crippen LogP contribution in [-0.4, -0.2) is 17.3 Å². The summed E-state index contributed by atoms with van der Waals surface area (Å²) in [6.45, 7) is 1.18. The van der Waals surface area contributed by atoms with Crippen molar-refractivity contribution in [2.24, 2.45) is 0 Å². The Kier molecular flexibility index (Phi) is 5.75. The predicted molar refractivity (Wildman–Crippen MR) is 90.9 cm³/mol. The summed E-state index contributed by atoms with van der Waals surface area (Å²) in [7, 11) is 0. The monoisotopic (exact) mass is 493 g/mol. The van der Waals surface area contributed by atoms with E-state index in [0.717, 1.165) is 18.2 Å². The molecule has 152 valence electrons. The second kappa shape index (κ2) is 7.18. The fourth-order valence-electron chi connectivity index (χ4n) is 2.57. The van der Waals surface area contributed by atoms with Gasteiger partial charge in [0.1, 0.15) is 0 Å². The average Bonchev–Trinajstić information content (AvgIpc) is 2.51. The number of hydrogen-bond acceptors (Lipinski definition) is 2. The van der Waals surface area contributed by atoms with Crippen LogP contribution in [0.1, 0.15) is 11.1 Å². The van der Waals surface area contributed by atoms with Gasteiger partial charge in [0.05, 0.1) is 9.95 Å². The number of hydrogen-bond donors (Lipinski definition) is 0. The predicted octanol–water partition coefficient (Wildman–Crippen LogP) is 7.28. The molecule has 0 spiro atoms. The molecule has 3 nitrogen and oxygen atoms in total. The number of rotatable bonds is 3. The largest absolute Gasteiger partial charge is 0.435 e. The van der Waals surface area contributed by atoms with E-state index in [-0.39, 0.29) is 10.0 Å². The van der Waals surface area contributed by atoms with Crippen LogP contribution in [0.5, 0.6) is 0 Å². The number of nitrogens with zero attached hydrogens (tertiary/aromatic N) is 1. The van der Waals surface area contributed by atoms with Gasteiger partial charge in [0.15, 0.2) is 0 Å². The van der Waals surface area contributed by atoms with E-state index in [0.29, 0.717) is 6.07 Å². The van der Waals surface area contributed by atoms with E-state index in [4.69, 9.17) is 11.6 Å². The van der Waals surface area contributed by atoms with Crippen LogP contribution < -0.4 is 0 Å². The highest BCUT2D eigenvalue weighted by molar-refractivity contribution is 9.10. The standard InChI is InChI=1S/C16H8BrClF7NO2/c1-7-4-10(14(19,15(20,21)22)16(23,24)25)13(11(17)5-7)9-3-2-8(26(27)28)6-12(9)18/h2-6H,1H3. The fraction of sp³-hybridized carbons (Fsp3) is 0.250. The first kappa shape index (κ1) is 22.4. The van der Waals surface area contributed by atoms with Crippen LogP contribution in [0.4, 0.5) is 36.4 Å². The van der Waals surface area contributed by atoms with E-state index in [9.17, 15) is 40.8 Å². The van der Waals surface area contributed by atoms with Crippen LogP contribution in [0, 0.1) is 17.0 Å². The maximum absolute atomic E-state index is 14.8. The van der Waals surface area contributed by atoms with Crippen molar-refractivity contribution in [2.45, 2.75) is 24.9 Å². The number of nitro benzene ring substituents is 1. The average molecular weight is 495 g/mol. The summed E-state index contributed by atoms with van der Waals surface area (Å²) in [6.07, 6.45) is -12.7. The van der Waals surface area contributed by atoms with E-state index >= 15 is 0 Å². The molecule has 0 unspecified atom stereocenters. The van der Waals surface area contributed by atoms with Crippen molar-refractivity contribution in [3.63, 3.8) is 0 Å². The van der Waals surface area contributed by atoms with Crippen LogP contribution in [0.15, 0.2) is 34.8 Å². The zero-order chi connectivity index (χ0) is 21.7. The Morgan fingerprint density at radius 3 is 1.96 bits per heavy atom. The molecular formula is C16H8BrClF7NO2. The van der Waals surface area contributed by atoms with Gasteiger partial charge in [-0.05, 0) is 24.6 Å². The molecule has 0 heterocycles. The number of alkyl halides is 7. The van der Waals surface area contributed by atoms with Crippen LogP contribution in [0.25, 0.3) is 11.1 Å². The number of benzene rings is 2. The molecular weight excluding hydrogens is 487 g/mol. The highest BCUT2D eigenvalue weighted by Crippen LogP contribution is 2.56. The lowest BCUT2D eigenvalue weighted by atomic mass is 9.86. The number of nitro groups is 1. The lowest BCUT2D eigenvalue weighted by Crippen LogP contribution is -2.50. The minimum atomic E-state index is -6.33. The van der Waals surface area contributed by atoms with Gasteiger partial charge in [0.25, 0.3) is 5.69 Å². The molecule has 0 N–H and O–H groups in total. The third-order valence-corrected chi connectivity index (χ3v) is 4.76. The van der Waals surface area contributed by atoms with Crippen molar-refractivity contribution >= 4 is 33.2 Å². The first-order valence-corrected chi connectivity index (χ1v) is 8.35. The van der Waals surface area contributed by atoms with Crippen LogP contribution in [-0.2, 0) is 5.67 Å². The Morgan fingerprint density at radius 2 is 1.54 bits per heavy atom. The van der Waals surface area contributed by atoms with E-state index in [2.05, 4.69) is 15.9 Å². The summed E-state index contributed by atoms with van der Waals surface area (Å²) < 4.78 is 94.2. The van der Waals surface area contributed by atoms with Gasteiger partial charge in [-0.3, -0.25) is 10.1 Å². The lowest BCUT2D eigenvalue weighted by molar-refractivity contribution is -0.384. The molecule has 0 fully saturated rings. The molecule has 0 amide bonds. The van der Waals surface area contributed by atoms with Crippen molar-refractivity contribution in [1.29, 1.82) is 0 Å². The normalized spacial score (nSPS) is 12.9. The van der Waals surface area contributed by atoms with Gasteiger partial charge >= 0.3 is 18.0 Å².